The standard InChI is InChI=1S/C27H34N2O5/c1-4-27(5-2,25(32)28-15-14-18(3)16-24(30)31)29-26(33)34-17-23-21-12-8-6-10-19(21)20-11-7-9-13-22(20)23/h6-13,18,23H,4-5,14-17H2,1-3H3,(H,28,32)(H,29,33)(H,30,31). The van der Waals surface area contributed by atoms with E-state index in [2.05, 4.69) is 34.9 Å². The van der Waals surface area contributed by atoms with Gasteiger partial charge in [0, 0.05) is 18.9 Å². The van der Waals surface area contributed by atoms with E-state index in [0.29, 0.717) is 25.8 Å². The van der Waals surface area contributed by atoms with Crippen LogP contribution in [0.4, 0.5) is 4.79 Å². The predicted molar refractivity (Wildman–Crippen MR) is 131 cm³/mol. The van der Waals surface area contributed by atoms with E-state index >= 15 is 0 Å². The van der Waals surface area contributed by atoms with Gasteiger partial charge in [-0.3, -0.25) is 9.59 Å². The van der Waals surface area contributed by atoms with Crippen molar-refractivity contribution in [2.45, 2.75) is 57.9 Å². The van der Waals surface area contributed by atoms with Gasteiger partial charge in [0.1, 0.15) is 12.1 Å². The van der Waals surface area contributed by atoms with E-state index in [0.717, 1.165) is 22.3 Å². The maximum absolute atomic E-state index is 13.0. The van der Waals surface area contributed by atoms with E-state index in [4.69, 9.17) is 9.84 Å². The lowest BCUT2D eigenvalue weighted by Crippen LogP contribution is -2.58. The number of carbonyl (C=O) groups is 3. The van der Waals surface area contributed by atoms with Crippen LogP contribution >= 0.6 is 0 Å². The van der Waals surface area contributed by atoms with E-state index in [1.807, 2.05) is 45.0 Å². The van der Waals surface area contributed by atoms with Crippen LogP contribution in [0.15, 0.2) is 48.5 Å². The second kappa shape index (κ2) is 11.2. The zero-order chi connectivity index (χ0) is 24.7. The number of benzene rings is 2. The van der Waals surface area contributed by atoms with E-state index in [9.17, 15) is 14.4 Å². The minimum Gasteiger partial charge on any atom is -0.481 e. The summed E-state index contributed by atoms with van der Waals surface area (Å²) >= 11 is 0. The summed E-state index contributed by atoms with van der Waals surface area (Å²) in [5.74, 6) is -1.24. The molecule has 1 aliphatic rings. The second-order valence-corrected chi connectivity index (χ2v) is 8.99. The first-order valence-electron chi connectivity index (χ1n) is 11.9. The third kappa shape index (κ3) is 5.58. The van der Waals surface area contributed by atoms with Crippen molar-refractivity contribution in [3.05, 3.63) is 59.7 Å². The molecular formula is C27H34N2O5. The Balaban J connectivity index is 1.61. The highest BCUT2D eigenvalue weighted by atomic mass is 16.5. The molecule has 2 aromatic rings. The lowest BCUT2D eigenvalue weighted by molar-refractivity contribution is -0.138. The molecule has 34 heavy (non-hydrogen) atoms. The van der Waals surface area contributed by atoms with Crippen LogP contribution in [-0.4, -0.2) is 41.8 Å². The summed E-state index contributed by atoms with van der Waals surface area (Å²) in [6.07, 6.45) is 0.793. The SMILES string of the molecule is CCC(CC)(NC(=O)OCC1c2ccccc2-c2ccccc21)C(=O)NCCC(C)CC(=O)O. The van der Waals surface area contributed by atoms with Crippen LogP contribution in [0.2, 0.25) is 0 Å². The summed E-state index contributed by atoms with van der Waals surface area (Å²) in [6.45, 7) is 6.06. The van der Waals surface area contributed by atoms with Gasteiger partial charge < -0.3 is 20.5 Å². The fourth-order valence-corrected chi connectivity index (χ4v) is 4.64. The number of ether oxygens (including phenoxy) is 1. The Morgan fingerprint density at radius 1 is 1.00 bits per heavy atom. The molecule has 1 aliphatic carbocycles. The molecule has 7 nitrogen and oxygen atoms in total. The fourth-order valence-electron chi connectivity index (χ4n) is 4.64. The normalized spacial score (nSPS) is 13.5. The Morgan fingerprint density at radius 3 is 2.09 bits per heavy atom. The first-order valence-corrected chi connectivity index (χ1v) is 11.9. The number of fused-ring (bicyclic) bond motifs is 3. The first-order chi connectivity index (χ1) is 16.3. The highest BCUT2D eigenvalue weighted by Crippen LogP contribution is 2.44. The third-order valence-electron chi connectivity index (χ3n) is 6.77. The number of hydrogen-bond acceptors (Lipinski definition) is 4. The van der Waals surface area contributed by atoms with Crippen LogP contribution in [0, 0.1) is 5.92 Å². The molecule has 0 saturated carbocycles. The minimum atomic E-state index is -1.08. The Morgan fingerprint density at radius 2 is 1.56 bits per heavy atom. The number of carboxylic acids is 1. The van der Waals surface area contributed by atoms with Crippen molar-refractivity contribution in [1.82, 2.24) is 10.6 Å². The van der Waals surface area contributed by atoms with Crippen molar-refractivity contribution >= 4 is 18.0 Å². The van der Waals surface area contributed by atoms with E-state index in [1.54, 1.807) is 0 Å². The van der Waals surface area contributed by atoms with Crippen LogP contribution in [0.5, 0.6) is 0 Å². The summed E-state index contributed by atoms with van der Waals surface area (Å²) < 4.78 is 5.64. The van der Waals surface area contributed by atoms with Crippen molar-refractivity contribution in [2.24, 2.45) is 5.92 Å². The molecule has 1 atom stereocenters. The number of hydrogen-bond donors (Lipinski definition) is 3. The average molecular weight is 467 g/mol. The zero-order valence-corrected chi connectivity index (χ0v) is 20.1. The van der Waals surface area contributed by atoms with Crippen molar-refractivity contribution in [3.63, 3.8) is 0 Å². The number of rotatable bonds is 11. The number of carbonyl (C=O) groups excluding carboxylic acids is 2. The Labute approximate surface area is 200 Å². The van der Waals surface area contributed by atoms with Gasteiger partial charge in [0.25, 0.3) is 0 Å². The Kier molecular flexibility index (Phi) is 8.31. The highest BCUT2D eigenvalue weighted by Gasteiger charge is 2.37. The summed E-state index contributed by atoms with van der Waals surface area (Å²) in [4.78, 5) is 36.6. The number of carboxylic acid groups (broad SMARTS) is 1. The van der Waals surface area contributed by atoms with Crippen LogP contribution < -0.4 is 10.6 Å². The molecule has 1 unspecified atom stereocenters. The smallest absolute Gasteiger partial charge is 0.408 e. The van der Waals surface area contributed by atoms with Crippen LogP contribution in [0.1, 0.15) is 63.5 Å². The molecule has 0 spiro atoms. The van der Waals surface area contributed by atoms with Crippen LogP contribution in [0.25, 0.3) is 11.1 Å². The summed E-state index contributed by atoms with van der Waals surface area (Å²) in [6, 6.07) is 16.2. The molecule has 7 heteroatoms. The molecule has 0 radical (unpaired) electrons. The maximum Gasteiger partial charge on any atom is 0.408 e. The number of amides is 2. The van der Waals surface area contributed by atoms with Crippen LogP contribution in [0.3, 0.4) is 0 Å². The quantitative estimate of drug-likeness (QED) is 0.445. The molecule has 0 fully saturated rings. The van der Waals surface area contributed by atoms with Gasteiger partial charge in [-0.25, -0.2) is 4.79 Å². The van der Waals surface area contributed by atoms with Crippen molar-refractivity contribution in [1.29, 1.82) is 0 Å². The third-order valence-corrected chi connectivity index (χ3v) is 6.77. The van der Waals surface area contributed by atoms with Gasteiger partial charge in [-0.15, -0.1) is 0 Å². The molecule has 0 bridgehead atoms. The molecule has 2 amide bonds. The summed E-state index contributed by atoms with van der Waals surface area (Å²) in [7, 11) is 0. The molecule has 3 N–H and O–H groups in total. The number of aliphatic carboxylic acids is 1. The Hall–Kier alpha value is -3.35. The summed E-state index contributed by atoms with van der Waals surface area (Å²) in [5.41, 5.74) is 3.47. The monoisotopic (exact) mass is 466 g/mol. The largest absolute Gasteiger partial charge is 0.481 e. The molecule has 3 rings (SSSR count). The summed E-state index contributed by atoms with van der Waals surface area (Å²) in [5, 5.41) is 14.5. The number of nitrogens with one attached hydrogen (secondary N) is 2. The maximum atomic E-state index is 13.0. The molecule has 0 aliphatic heterocycles. The second-order valence-electron chi connectivity index (χ2n) is 8.99. The lowest BCUT2D eigenvalue weighted by atomic mass is 9.91. The lowest BCUT2D eigenvalue weighted by Gasteiger charge is -2.31. The molecule has 182 valence electrons. The molecule has 0 heterocycles. The van der Waals surface area contributed by atoms with Crippen molar-refractivity contribution < 1.29 is 24.2 Å². The van der Waals surface area contributed by atoms with Gasteiger partial charge in [0.05, 0.1) is 0 Å². The van der Waals surface area contributed by atoms with Gasteiger partial charge in [-0.1, -0.05) is 69.3 Å². The van der Waals surface area contributed by atoms with Crippen molar-refractivity contribution in [3.8, 4) is 11.1 Å². The zero-order valence-electron chi connectivity index (χ0n) is 20.1. The molecular weight excluding hydrogens is 432 g/mol. The Bertz CT molecular complexity index is 986. The van der Waals surface area contributed by atoms with E-state index in [-0.39, 0.29) is 30.8 Å². The highest BCUT2D eigenvalue weighted by molar-refractivity contribution is 5.90. The van der Waals surface area contributed by atoms with E-state index in [1.165, 1.54) is 0 Å². The van der Waals surface area contributed by atoms with E-state index < -0.39 is 17.6 Å². The average Bonchev–Trinajstić information content (AvgIpc) is 3.14. The first kappa shape index (κ1) is 25.3. The van der Waals surface area contributed by atoms with Crippen molar-refractivity contribution in [2.75, 3.05) is 13.2 Å². The predicted octanol–water partition coefficient (Wildman–Crippen LogP) is 4.70. The number of alkyl carbamates (subject to hydrolysis) is 1. The fraction of sp³-hybridized carbons (Fsp3) is 0.444. The van der Waals surface area contributed by atoms with Gasteiger partial charge in [0.2, 0.25) is 5.91 Å². The molecule has 2 aromatic carbocycles. The van der Waals surface area contributed by atoms with Gasteiger partial charge in [-0.2, -0.15) is 0 Å². The van der Waals surface area contributed by atoms with Gasteiger partial charge in [-0.05, 0) is 47.4 Å². The van der Waals surface area contributed by atoms with Crippen LogP contribution in [-0.2, 0) is 14.3 Å². The molecule has 0 aromatic heterocycles. The van der Waals surface area contributed by atoms with Gasteiger partial charge >= 0.3 is 12.1 Å². The topological polar surface area (TPSA) is 105 Å². The molecule has 0 saturated heterocycles. The minimum absolute atomic E-state index is 0.0504. The van der Waals surface area contributed by atoms with Gasteiger partial charge in [0.15, 0.2) is 0 Å².